The molecule has 1 aliphatic rings. The van der Waals surface area contributed by atoms with Gasteiger partial charge in [0.15, 0.2) is 6.61 Å². The third-order valence-corrected chi connectivity index (χ3v) is 6.43. The van der Waals surface area contributed by atoms with E-state index in [4.69, 9.17) is 4.74 Å². The lowest BCUT2D eigenvalue weighted by Crippen LogP contribution is -2.51. The Labute approximate surface area is 193 Å². The van der Waals surface area contributed by atoms with Crippen LogP contribution in [0.3, 0.4) is 0 Å². The standard InChI is InChI=1S/C25H31BrN2O3/c1-18-8-6-7-9-20(18)16-28(19(2)25(30)27-22-10-4-3-5-11-22)24(29)17-31-23-14-12-21(26)13-15-23/h6-9,12-15,19,22H,3-5,10-11,16-17H2,1-2H3,(H,27,30)/t19-/m0/s1. The van der Waals surface area contributed by atoms with Crippen molar-refractivity contribution in [1.82, 2.24) is 10.2 Å². The fourth-order valence-corrected chi connectivity index (χ4v) is 4.15. The summed E-state index contributed by atoms with van der Waals surface area (Å²) >= 11 is 3.39. The van der Waals surface area contributed by atoms with Gasteiger partial charge < -0.3 is 15.0 Å². The van der Waals surface area contributed by atoms with Crippen molar-refractivity contribution in [3.05, 3.63) is 64.1 Å². The summed E-state index contributed by atoms with van der Waals surface area (Å²) in [6.45, 7) is 4.07. The van der Waals surface area contributed by atoms with E-state index in [0.717, 1.165) is 41.3 Å². The van der Waals surface area contributed by atoms with Crippen LogP contribution in [0, 0.1) is 6.92 Å². The fraction of sp³-hybridized carbons (Fsp3) is 0.440. The van der Waals surface area contributed by atoms with E-state index in [2.05, 4.69) is 21.2 Å². The Bertz CT molecular complexity index is 879. The van der Waals surface area contributed by atoms with Crippen LogP contribution >= 0.6 is 15.9 Å². The summed E-state index contributed by atoms with van der Waals surface area (Å²) in [6, 6.07) is 14.9. The maximum atomic E-state index is 13.1. The van der Waals surface area contributed by atoms with Crippen molar-refractivity contribution in [2.45, 2.75) is 64.6 Å². The number of amides is 2. The van der Waals surface area contributed by atoms with Crippen molar-refractivity contribution in [3.8, 4) is 5.75 Å². The van der Waals surface area contributed by atoms with E-state index in [1.165, 1.54) is 6.42 Å². The van der Waals surface area contributed by atoms with Gasteiger partial charge in [0.2, 0.25) is 5.91 Å². The second-order valence-corrected chi connectivity index (χ2v) is 9.13. The van der Waals surface area contributed by atoms with Gasteiger partial charge in [0.25, 0.3) is 5.91 Å². The van der Waals surface area contributed by atoms with Crippen LogP contribution in [0.4, 0.5) is 0 Å². The molecule has 0 aliphatic heterocycles. The Balaban J connectivity index is 1.71. The van der Waals surface area contributed by atoms with Gasteiger partial charge in [-0.2, -0.15) is 0 Å². The quantitative estimate of drug-likeness (QED) is 0.570. The summed E-state index contributed by atoms with van der Waals surface area (Å²) in [4.78, 5) is 27.8. The van der Waals surface area contributed by atoms with Gasteiger partial charge in [0.05, 0.1) is 0 Å². The molecule has 1 fully saturated rings. The van der Waals surface area contributed by atoms with Crippen LogP contribution in [0.2, 0.25) is 0 Å². The van der Waals surface area contributed by atoms with Crippen molar-refractivity contribution in [2.24, 2.45) is 0 Å². The number of carbonyl (C=O) groups is 2. The smallest absolute Gasteiger partial charge is 0.261 e. The Kier molecular flexibility index (Phi) is 8.52. The summed E-state index contributed by atoms with van der Waals surface area (Å²) in [5, 5.41) is 3.16. The molecule has 2 aromatic carbocycles. The molecule has 2 aromatic rings. The van der Waals surface area contributed by atoms with E-state index in [1.54, 1.807) is 11.8 Å². The van der Waals surface area contributed by atoms with E-state index >= 15 is 0 Å². The predicted octanol–water partition coefficient (Wildman–Crippen LogP) is 5.00. The highest BCUT2D eigenvalue weighted by atomic mass is 79.9. The van der Waals surface area contributed by atoms with E-state index in [9.17, 15) is 9.59 Å². The minimum Gasteiger partial charge on any atom is -0.484 e. The molecule has 0 aromatic heterocycles. The largest absolute Gasteiger partial charge is 0.484 e. The highest BCUT2D eigenvalue weighted by Crippen LogP contribution is 2.20. The first-order valence-corrected chi connectivity index (χ1v) is 11.8. The van der Waals surface area contributed by atoms with Crippen LogP contribution in [-0.2, 0) is 16.1 Å². The van der Waals surface area contributed by atoms with Crippen molar-refractivity contribution < 1.29 is 14.3 Å². The fourth-order valence-electron chi connectivity index (χ4n) is 3.88. The van der Waals surface area contributed by atoms with E-state index in [0.29, 0.717) is 12.3 Å². The monoisotopic (exact) mass is 486 g/mol. The van der Waals surface area contributed by atoms with Gasteiger partial charge in [-0.1, -0.05) is 59.5 Å². The number of benzene rings is 2. The van der Waals surface area contributed by atoms with Crippen LogP contribution in [0.15, 0.2) is 53.0 Å². The molecular formula is C25H31BrN2O3. The number of hydrogen-bond donors (Lipinski definition) is 1. The van der Waals surface area contributed by atoms with Crippen LogP contribution < -0.4 is 10.1 Å². The second-order valence-electron chi connectivity index (χ2n) is 8.21. The number of nitrogens with one attached hydrogen (secondary N) is 1. The summed E-state index contributed by atoms with van der Waals surface area (Å²) in [7, 11) is 0. The molecule has 1 aliphatic carbocycles. The molecule has 5 nitrogen and oxygen atoms in total. The van der Waals surface area contributed by atoms with Gasteiger partial charge in [0.1, 0.15) is 11.8 Å². The number of halogens is 1. The summed E-state index contributed by atoms with van der Waals surface area (Å²) in [6.07, 6.45) is 5.54. The first-order chi connectivity index (χ1) is 14.9. The normalized spacial score (nSPS) is 15.2. The number of hydrogen-bond acceptors (Lipinski definition) is 3. The molecule has 6 heteroatoms. The zero-order valence-electron chi connectivity index (χ0n) is 18.3. The summed E-state index contributed by atoms with van der Waals surface area (Å²) < 4.78 is 6.65. The minimum atomic E-state index is -0.581. The summed E-state index contributed by atoms with van der Waals surface area (Å²) in [5.41, 5.74) is 2.12. The highest BCUT2D eigenvalue weighted by Gasteiger charge is 2.28. The zero-order chi connectivity index (χ0) is 22.2. The molecule has 0 heterocycles. The molecule has 1 saturated carbocycles. The molecule has 3 rings (SSSR count). The average molecular weight is 487 g/mol. The van der Waals surface area contributed by atoms with Gasteiger partial charge in [-0.3, -0.25) is 9.59 Å². The molecule has 166 valence electrons. The van der Waals surface area contributed by atoms with Gasteiger partial charge in [-0.05, 0) is 62.1 Å². The number of nitrogens with zero attached hydrogens (tertiary/aromatic N) is 1. The molecule has 0 spiro atoms. The van der Waals surface area contributed by atoms with Crippen LogP contribution in [0.1, 0.15) is 50.2 Å². The van der Waals surface area contributed by atoms with Gasteiger partial charge in [0, 0.05) is 17.1 Å². The molecule has 0 saturated heterocycles. The van der Waals surface area contributed by atoms with E-state index in [-0.39, 0.29) is 24.5 Å². The molecule has 0 unspecified atom stereocenters. The van der Waals surface area contributed by atoms with Gasteiger partial charge in [-0.15, -0.1) is 0 Å². The van der Waals surface area contributed by atoms with Crippen molar-refractivity contribution in [1.29, 1.82) is 0 Å². The highest BCUT2D eigenvalue weighted by molar-refractivity contribution is 9.10. The van der Waals surface area contributed by atoms with E-state index < -0.39 is 6.04 Å². The van der Waals surface area contributed by atoms with Crippen LogP contribution in [0.25, 0.3) is 0 Å². The van der Waals surface area contributed by atoms with Gasteiger partial charge in [-0.25, -0.2) is 0 Å². The Morgan fingerprint density at radius 3 is 2.45 bits per heavy atom. The molecule has 2 amide bonds. The topological polar surface area (TPSA) is 58.6 Å². The summed E-state index contributed by atoms with van der Waals surface area (Å²) in [5.74, 6) is 0.307. The van der Waals surface area contributed by atoms with Crippen molar-refractivity contribution in [2.75, 3.05) is 6.61 Å². The van der Waals surface area contributed by atoms with Crippen LogP contribution in [-0.4, -0.2) is 35.4 Å². The second kappa shape index (κ2) is 11.3. The number of carbonyl (C=O) groups excluding carboxylic acids is 2. The number of aryl methyl sites for hydroxylation is 1. The number of ether oxygens (including phenoxy) is 1. The lowest BCUT2D eigenvalue weighted by Gasteiger charge is -2.31. The molecule has 31 heavy (non-hydrogen) atoms. The maximum Gasteiger partial charge on any atom is 0.261 e. The Morgan fingerprint density at radius 1 is 1.10 bits per heavy atom. The molecular weight excluding hydrogens is 456 g/mol. The SMILES string of the molecule is Cc1ccccc1CN(C(=O)COc1ccc(Br)cc1)[C@@H](C)C(=O)NC1CCCCC1. The maximum absolute atomic E-state index is 13.1. The molecule has 1 N–H and O–H groups in total. The first kappa shape index (κ1) is 23.3. The van der Waals surface area contributed by atoms with E-state index in [1.807, 2.05) is 55.5 Å². The Hall–Kier alpha value is -2.34. The lowest BCUT2D eigenvalue weighted by atomic mass is 9.95. The van der Waals surface area contributed by atoms with Crippen LogP contribution in [0.5, 0.6) is 5.75 Å². The Morgan fingerprint density at radius 2 is 1.77 bits per heavy atom. The van der Waals surface area contributed by atoms with Crippen molar-refractivity contribution >= 4 is 27.7 Å². The third-order valence-electron chi connectivity index (χ3n) is 5.90. The van der Waals surface area contributed by atoms with Crippen molar-refractivity contribution in [3.63, 3.8) is 0 Å². The molecule has 0 radical (unpaired) electrons. The first-order valence-electron chi connectivity index (χ1n) is 11.0. The zero-order valence-corrected chi connectivity index (χ0v) is 19.9. The minimum absolute atomic E-state index is 0.0996. The predicted molar refractivity (Wildman–Crippen MR) is 126 cm³/mol. The third kappa shape index (κ3) is 6.82. The van der Waals surface area contributed by atoms with Gasteiger partial charge >= 0.3 is 0 Å². The molecule has 1 atom stereocenters. The lowest BCUT2D eigenvalue weighted by molar-refractivity contribution is -0.142. The molecule has 0 bridgehead atoms. The number of rotatable bonds is 8. The average Bonchev–Trinajstić information content (AvgIpc) is 2.78.